The molecule has 4 rings (SSSR count). The molecule has 0 spiro atoms. The van der Waals surface area contributed by atoms with Crippen LogP contribution in [0, 0.1) is 5.82 Å². The summed E-state index contributed by atoms with van der Waals surface area (Å²) in [5.41, 5.74) is 7.61. The average Bonchev–Trinajstić information content (AvgIpc) is 3.54. The van der Waals surface area contributed by atoms with Crippen molar-refractivity contribution in [3.05, 3.63) is 92.2 Å². The van der Waals surface area contributed by atoms with Crippen LogP contribution in [0.4, 0.5) is 4.39 Å². The first-order valence-corrected chi connectivity index (χ1v) is 12.6. The number of hydrogen-bond acceptors (Lipinski definition) is 9. The molecular weight excluding hydrogens is 529 g/mol. The minimum absolute atomic E-state index is 0.146. The molecule has 0 aliphatic carbocycles. The van der Waals surface area contributed by atoms with Crippen LogP contribution in [0.25, 0.3) is 0 Å². The van der Waals surface area contributed by atoms with Crippen molar-refractivity contribution in [1.29, 1.82) is 0 Å². The maximum atomic E-state index is 14.9. The molecule has 2 unspecified atom stereocenters. The molecule has 0 bridgehead atoms. The number of hydrogen-bond donors (Lipinski definition) is 5. The van der Waals surface area contributed by atoms with Gasteiger partial charge in [-0.25, -0.2) is 14.2 Å². The molecule has 2 aromatic heterocycles. The molecular formula is C26H26FN5O6S. The van der Waals surface area contributed by atoms with E-state index in [0.717, 1.165) is 16.9 Å². The number of esters is 1. The third-order valence-corrected chi connectivity index (χ3v) is 6.68. The van der Waals surface area contributed by atoms with E-state index < -0.39 is 29.8 Å². The number of nitrogens with one attached hydrogen (secondary N) is 3. The Morgan fingerprint density at radius 2 is 1.92 bits per heavy atom. The van der Waals surface area contributed by atoms with Crippen molar-refractivity contribution >= 4 is 23.2 Å². The molecule has 0 aliphatic rings. The van der Waals surface area contributed by atoms with Crippen molar-refractivity contribution in [2.45, 2.75) is 31.3 Å². The molecule has 0 radical (unpaired) electrons. The van der Waals surface area contributed by atoms with Crippen molar-refractivity contribution in [3.63, 3.8) is 0 Å². The standard InChI is InChI=1S/C26H26FN5O6S/c1-37-25(35)21(31-23(33)20(28)10-16-12-29-13-30-16)9-15-4-7-18(11-19(15)27)38-17-5-2-14(3-6-17)8-22-24(34)32-26(36)39-22/h2-7,11-13,20-21,34H,8-10,28H2,1H3,(H,29,30)(H,31,33)(H,32,36). The fraction of sp³-hybridized carbons (Fsp3) is 0.231. The molecule has 4 aromatic rings. The van der Waals surface area contributed by atoms with Crippen molar-refractivity contribution in [2.75, 3.05) is 7.11 Å². The van der Waals surface area contributed by atoms with Gasteiger partial charge < -0.3 is 30.6 Å². The highest BCUT2D eigenvalue weighted by Crippen LogP contribution is 2.26. The summed E-state index contributed by atoms with van der Waals surface area (Å²) in [4.78, 5) is 45.4. The lowest BCUT2D eigenvalue weighted by atomic mass is 10.0. The van der Waals surface area contributed by atoms with E-state index in [1.54, 1.807) is 36.5 Å². The number of halogens is 1. The van der Waals surface area contributed by atoms with E-state index in [-0.39, 0.29) is 34.9 Å². The second-order valence-corrected chi connectivity index (χ2v) is 9.71. The van der Waals surface area contributed by atoms with Crippen LogP contribution in [0.5, 0.6) is 17.4 Å². The number of aromatic hydroxyl groups is 1. The Morgan fingerprint density at radius 3 is 2.54 bits per heavy atom. The number of carbonyl (C=O) groups excluding carboxylic acids is 2. The fourth-order valence-corrected chi connectivity index (χ4v) is 4.54. The molecule has 2 atom stereocenters. The Hall–Kier alpha value is -4.49. The zero-order valence-electron chi connectivity index (χ0n) is 20.8. The molecule has 13 heteroatoms. The zero-order chi connectivity index (χ0) is 27.9. The Labute approximate surface area is 225 Å². The van der Waals surface area contributed by atoms with Crippen LogP contribution in [-0.4, -0.2) is 51.1 Å². The van der Waals surface area contributed by atoms with Gasteiger partial charge in [0.15, 0.2) is 0 Å². The maximum Gasteiger partial charge on any atom is 0.328 e. The largest absolute Gasteiger partial charge is 0.494 e. The number of methoxy groups -OCH3 is 1. The summed E-state index contributed by atoms with van der Waals surface area (Å²) < 4.78 is 25.5. The van der Waals surface area contributed by atoms with Crippen molar-refractivity contribution < 1.29 is 28.6 Å². The predicted octanol–water partition coefficient (Wildman–Crippen LogP) is 2.16. The number of benzene rings is 2. The first-order chi connectivity index (χ1) is 18.7. The van der Waals surface area contributed by atoms with Crippen LogP contribution in [0.15, 0.2) is 59.8 Å². The van der Waals surface area contributed by atoms with E-state index in [0.29, 0.717) is 22.7 Å². The van der Waals surface area contributed by atoms with Gasteiger partial charge in [0.1, 0.15) is 23.4 Å². The number of amides is 1. The molecule has 0 saturated heterocycles. The highest BCUT2D eigenvalue weighted by Gasteiger charge is 2.26. The van der Waals surface area contributed by atoms with Gasteiger partial charge in [-0.05, 0) is 29.3 Å². The number of carbonyl (C=O) groups is 2. The minimum Gasteiger partial charge on any atom is -0.494 e. The Kier molecular flexibility index (Phi) is 8.74. The molecule has 39 heavy (non-hydrogen) atoms. The number of nitrogens with two attached hydrogens (primary N) is 1. The van der Waals surface area contributed by atoms with Crippen molar-refractivity contribution in [2.24, 2.45) is 5.73 Å². The van der Waals surface area contributed by atoms with Crippen LogP contribution in [0.2, 0.25) is 0 Å². The molecule has 0 saturated carbocycles. The van der Waals surface area contributed by atoms with Crippen LogP contribution >= 0.6 is 11.3 Å². The average molecular weight is 556 g/mol. The van der Waals surface area contributed by atoms with Gasteiger partial charge in [-0.1, -0.05) is 29.5 Å². The number of rotatable bonds is 11. The first kappa shape index (κ1) is 27.5. The minimum atomic E-state index is -1.15. The monoisotopic (exact) mass is 555 g/mol. The molecule has 204 valence electrons. The lowest BCUT2D eigenvalue weighted by Crippen LogP contribution is -2.50. The zero-order valence-corrected chi connectivity index (χ0v) is 21.6. The predicted molar refractivity (Wildman–Crippen MR) is 140 cm³/mol. The SMILES string of the molecule is COC(=O)C(Cc1ccc(Oc2ccc(Cc3sc(=O)[nH]c3O)cc2)cc1F)NC(=O)C(N)Cc1cnc[nH]1. The van der Waals surface area contributed by atoms with E-state index >= 15 is 0 Å². The van der Waals surface area contributed by atoms with Gasteiger partial charge in [-0.2, -0.15) is 0 Å². The number of imidazole rings is 1. The van der Waals surface area contributed by atoms with Crippen LogP contribution in [-0.2, 0) is 33.6 Å². The quantitative estimate of drug-likeness (QED) is 0.175. The molecule has 0 aliphatic heterocycles. The lowest BCUT2D eigenvalue weighted by Gasteiger charge is -2.19. The Balaban J connectivity index is 1.38. The molecule has 2 aromatic carbocycles. The highest BCUT2D eigenvalue weighted by molar-refractivity contribution is 7.09. The number of H-pyrrole nitrogens is 2. The van der Waals surface area contributed by atoms with Gasteiger partial charge in [0.25, 0.3) is 0 Å². The maximum absolute atomic E-state index is 14.9. The normalized spacial score (nSPS) is 12.5. The number of nitrogens with zero attached hydrogens (tertiary/aromatic N) is 1. The van der Waals surface area contributed by atoms with E-state index in [1.165, 1.54) is 25.6 Å². The van der Waals surface area contributed by atoms with Crippen LogP contribution in [0.3, 0.4) is 0 Å². The van der Waals surface area contributed by atoms with Gasteiger partial charge in [0.2, 0.25) is 11.8 Å². The summed E-state index contributed by atoms with van der Waals surface area (Å²) in [5, 5.41) is 12.3. The van der Waals surface area contributed by atoms with Gasteiger partial charge >= 0.3 is 10.8 Å². The van der Waals surface area contributed by atoms with E-state index in [4.69, 9.17) is 15.2 Å². The molecule has 2 heterocycles. The number of thiazole rings is 1. The van der Waals surface area contributed by atoms with Crippen LogP contribution in [0.1, 0.15) is 21.7 Å². The topological polar surface area (TPSA) is 172 Å². The second kappa shape index (κ2) is 12.4. The first-order valence-electron chi connectivity index (χ1n) is 11.8. The highest BCUT2D eigenvalue weighted by atomic mass is 32.1. The molecule has 6 N–H and O–H groups in total. The Morgan fingerprint density at radius 1 is 1.18 bits per heavy atom. The molecule has 11 nitrogen and oxygen atoms in total. The van der Waals surface area contributed by atoms with Gasteiger partial charge in [0.05, 0.1) is 24.4 Å². The third kappa shape index (κ3) is 7.30. The van der Waals surface area contributed by atoms with E-state index in [2.05, 4.69) is 20.3 Å². The fourth-order valence-electron chi connectivity index (χ4n) is 3.79. The summed E-state index contributed by atoms with van der Waals surface area (Å²) in [6, 6.07) is 8.98. The van der Waals surface area contributed by atoms with Crippen LogP contribution < -0.4 is 20.7 Å². The number of aromatic nitrogens is 3. The van der Waals surface area contributed by atoms with Crippen molar-refractivity contribution in [3.8, 4) is 17.4 Å². The molecule has 0 fully saturated rings. The van der Waals surface area contributed by atoms with Gasteiger partial charge in [-0.3, -0.25) is 14.6 Å². The summed E-state index contributed by atoms with van der Waals surface area (Å²) in [6.45, 7) is 0. The Bertz CT molecular complexity index is 1490. The summed E-state index contributed by atoms with van der Waals surface area (Å²) >= 11 is 0.935. The molecule has 1 amide bonds. The van der Waals surface area contributed by atoms with E-state index in [9.17, 15) is 23.9 Å². The van der Waals surface area contributed by atoms with E-state index in [1.807, 2.05) is 0 Å². The second-order valence-electron chi connectivity index (χ2n) is 8.64. The number of aromatic amines is 2. The summed E-state index contributed by atoms with van der Waals surface area (Å²) in [5.74, 6) is -1.44. The lowest BCUT2D eigenvalue weighted by molar-refractivity contribution is -0.145. The van der Waals surface area contributed by atoms with Gasteiger partial charge in [0, 0.05) is 37.2 Å². The summed E-state index contributed by atoms with van der Waals surface area (Å²) in [6.07, 6.45) is 3.39. The van der Waals surface area contributed by atoms with Crippen molar-refractivity contribution in [1.82, 2.24) is 20.3 Å². The third-order valence-electron chi connectivity index (χ3n) is 5.81. The van der Waals surface area contributed by atoms with Gasteiger partial charge in [-0.15, -0.1) is 0 Å². The smallest absolute Gasteiger partial charge is 0.328 e. The number of ether oxygens (including phenoxy) is 2. The summed E-state index contributed by atoms with van der Waals surface area (Å²) in [7, 11) is 1.17.